The van der Waals surface area contributed by atoms with Crippen LogP contribution in [0.5, 0.6) is 0 Å². The molecule has 2 aliphatic heterocycles. The molecule has 0 bridgehead atoms. The molecular weight excluding hydrogens is 582 g/mol. The third-order valence-electron chi connectivity index (χ3n) is 3.33. The zero-order valence-corrected chi connectivity index (χ0v) is 18.7. The van der Waals surface area contributed by atoms with Gasteiger partial charge in [0, 0.05) is 0 Å². The molecule has 6 N–H and O–H groups in total. The Bertz CT molecular complexity index is 704. The topological polar surface area (TPSA) is 279 Å². The number of aliphatic hydroxyl groups is 6. The second-order valence-electron chi connectivity index (χ2n) is 5.58. The fraction of sp³-hybridized carbons (Fsp3) is 0.500. The Morgan fingerprint density at radius 1 is 0.625 bits per heavy atom. The van der Waals surface area contributed by atoms with E-state index in [1.54, 1.807) is 0 Å². The number of hydrogen-bond acceptors (Lipinski definition) is 18. The van der Waals surface area contributed by atoms with Crippen LogP contribution in [0.4, 0.5) is 0 Å². The maximum atomic E-state index is 11.8. The molecule has 2 rings (SSSR count). The van der Waals surface area contributed by atoms with Crippen molar-refractivity contribution in [1.82, 2.24) is 0 Å². The van der Waals surface area contributed by atoms with E-state index in [4.69, 9.17) is 0 Å². The standard InChI is InChI=1S/C12H12As2O18/c15-1-2(16)8(22)28-13(27-7(1)21)31-11(25)5(19)6(20)12(26)32-14-29-9(23)3(17)4(18)10(24)30-14/h1-6,15-20H. The fourth-order valence-corrected chi connectivity index (χ4v) is 5.33. The van der Waals surface area contributed by atoms with Gasteiger partial charge < -0.3 is 0 Å². The second-order valence-corrected chi connectivity index (χ2v) is 9.75. The van der Waals surface area contributed by atoms with Gasteiger partial charge in [0.05, 0.1) is 0 Å². The summed E-state index contributed by atoms with van der Waals surface area (Å²) >= 11 is -8.36. The summed E-state index contributed by atoms with van der Waals surface area (Å²) in [7, 11) is 0. The van der Waals surface area contributed by atoms with Crippen LogP contribution < -0.4 is 0 Å². The quantitative estimate of drug-likeness (QED) is 0.161. The fourth-order valence-electron chi connectivity index (χ4n) is 1.65. The predicted octanol–water partition coefficient (Wildman–Crippen LogP) is -7.59. The monoisotopic (exact) mass is 594 g/mol. The summed E-state index contributed by atoms with van der Waals surface area (Å²) in [6.45, 7) is 0. The molecule has 6 unspecified atom stereocenters. The molecule has 0 spiro atoms. The summed E-state index contributed by atoms with van der Waals surface area (Å²) in [6, 6.07) is 0. The van der Waals surface area contributed by atoms with Crippen LogP contribution in [0.2, 0.25) is 0 Å². The summed E-state index contributed by atoms with van der Waals surface area (Å²) in [4.78, 5) is 69.3. The van der Waals surface area contributed by atoms with Crippen molar-refractivity contribution in [3.05, 3.63) is 0 Å². The molecule has 2 aliphatic rings. The van der Waals surface area contributed by atoms with Crippen LogP contribution in [-0.4, -0.2) is 134 Å². The molecule has 2 fully saturated rings. The van der Waals surface area contributed by atoms with E-state index in [0.29, 0.717) is 0 Å². The third kappa shape index (κ3) is 5.93. The first-order valence-corrected chi connectivity index (χ1v) is 12.4. The van der Waals surface area contributed by atoms with Gasteiger partial charge in [0.25, 0.3) is 0 Å². The van der Waals surface area contributed by atoms with Gasteiger partial charge >= 0.3 is 186 Å². The molecule has 178 valence electrons. The van der Waals surface area contributed by atoms with Crippen LogP contribution in [0, 0.1) is 0 Å². The van der Waals surface area contributed by atoms with Crippen LogP contribution in [0.1, 0.15) is 0 Å². The Labute approximate surface area is 185 Å². The second kappa shape index (κ2) is 10.5. The molecule has 0 aromatic rings. The van der Waals surface area contributed by atoms with Crippen molar-refractivity contribution in [2.45, 2.75) is 36.6 Å². The number of aliphatic hydroxyl groups excluding tert-OH is 6. The Hall–Kier alpha value is -2.30. The van der Waals surface area contributed by atoms with Crippen LogP contribution in [-0.2, 0) is 51.1 Å². The van der Waals surface area contributed by atoms with Crippen LogP contribution in [0.15, 0.2) is 0 Å². The van der Waals surface area contributed by atoms with E-state index >= 15 is 0 Å². The first-order chi connectivity index (χ1) is 14.8. The van der Waals surface area contributed by atoms with E-state index in [-0.39, 0.29) is 0 Å². The van der Waals surface area contributed by atoms with Crippen molar-refractivity contribution in [3.63, 3.8) is 0 Å². The van der Waals surface area contributed by atoms with Crippen LogP contribution in [0.3, 0.4) is 0 Å². The minimum atomic E-state index is -4.18. The van der Waals surface area contributed by atoms with E-state index < -0.39 is 104 Å². The molecule has 0 saturated carbocycles. The molecule has 0 amide bonds. The minimum absolute atomic E-state index is 1.60. The van der Waals surface area contributed by atoms with Gasteiger partial charge in [-0.25, -0.2) is 0 Å². The van der Waals surface area contributed by atoms with Crippen LogP contribution in [0.25, 0.3) is 0 Å². The predicted molar refractivity (Wildman–Crippen MR) is 84.1 cm³/mol. The van der Waals surface area contributed by atoms with Gasteiger partial charge in [-0.2, -0.15) is 0 Å². The number of rotatable bonds is 5. The normalized spacial score (nSPS) is 32.7. The average Bonchev–Trinajstić information content (AvgIpc) is 2.88. The van der Waals surface area contributed by atoms with Crippen LogP contribution >= 0.6 is 0 Å². The molecule has 2 saturated heterocycles. The van der Waals surface area contributed by atoms with Gasteiger partial charge in [0.2, 0.25) is 0 Å². The first-order valence-electron chi connectivity index (χ1n) is 7.83. The van der Waals surface area contributed by atoms with Gasteiger partial charge in [-0.1, -0.05) is 0 Å². The molecule has 2 heterocycles. The van der Waals surface area contributed by atoms with Crippen molar-refractivity contribution >= 4 is 67.2 Å². The van der Waals surface area contributed by atoms with Gasteiger partial charge in [0.15, 0.2) is 0 Å². The Balaban J connectivity index is 1.97. The molecule has 0 radical (unpaired) electrons. The first kappa shape index (κ1) is 26.0. The Kier molecular flexibility index (Phi) is 8.55. The maximum absolute atomic E-state index is 11.8. The Morgan fingerprint density at radius 2 is 0.844 bits per heavy atom. The van der Waals surface area contributed by atoms with Gasteiger partial charge in [-0.15, -0.1) is 0 Å². The Morgan fingerprint density at radius 3 is 1.06 bits per heavy atom. The summed E-state index contributed by atoms with van der Waals surface area (Å²) in [5.41, 5.74) is 0. The van der Waals surface area contributed by atoms with Crippen molar-refractivity contribution in [2.24, 2.45) is 0 Å². The SMILES string of the molecule is O=C1O[As](OC(=O)C(O)C(O)C(=O)O[As]2OC(=O)C(O)C(O)C(=O)O2)OC(=O)C(O)C1O. The van der Waals surface area contributed by atoms with E-state index in [0.717, 1.165) is 0 Å². The molecule has 6 atom stereocenters. The number of carbonyl (C=O) groups is 6. The van der Waals surface area contributed by atoms with Gasteiger partial charge in [-0.3, -0.25) is 0 Å². The van der Waals surface area contributed by atoms with Crippen molar-refractivity contribution < 1.29 is 81.8 Å². The molecule has 32 heavy (non-hydrogen) atoms. The van der Waals surface area contributed by atoms with Crippen molar-refractivity contribution in [3.8, 4) is 0 Å². The summed E-state index contributed by atoms with van der Waals surface area (Å²) < 4.78 is 26.1. The number of hydrogen-bond donors (Lipinski definition) is 6. The molecule has 20 heteroatoms. The molecule has 0 aromatic heterocycles. The number of carbonyl (C=O) groups excluding carboxylic acids is 6. The molecule has 0 aliphatic carbocycles. The average molecular weight is 594 g/mol. The summed E-state index contributed by atoms with van der Waals surface area (Å²) in [5, 5.41) is 56.5. The molecule has 18 nitrogen and oxygen atoms in total. The van der Waals surface area contributed by atoms with E-state index in [1.165, 1.54) is 0 Å². The van der Waals surface area contributed by atoms with Gasteiger partial charge in [-0.05, 0) is 0 Å². The van der Waals surface area contributed by atoms with E-state index in [2.05, 4.69) is 22.4 Å². The van der Waals surface area contributed by atoms with Gasteiger partial charge in [0.1, 0.15) is 0 Å². The van der Waals surface area contributed by atoms with E-state index in [9.17, 15) is 59.4 Å². The third-order valence-corrected chi connectivity index (χ3v) is 7.48. The molecular formula is C12H12As2O18. The van der Waals surface area contributed by atoms with Crippen molar-refractivity contribution in [2.75, 3.05) is 0 Å². The summed E-state index contributed by atoms with van der Waals surface area (Å²) in [5.74, 6) is -10.2. The van der Waals surface area contributed by atoms with Crippen molar-refractivity contribution in [1.29, 1.82) is 0 Å². The molecule has 0 aromatic carbocycles. The van der Waals surface area contributed by atoms with E-state index in [1.807, 2.05) is 0 Å². The summed E-state index contributed by atoms with van der Waals surface area (Å²) in [6.07, 6.45) is -14.9. The zero-order valence-electron chi connectivity index (χ0n) is 14.9. The zero-order chi connectivity index (χ0) is 24.3.